The minimum Gasteiger partial charge on any atom is -0.396 e. The fourth-order valence-corrected chi connectivity index (χ4v) is 2.44. The lowest BCUT2D eigenvalue weighted by atomic mass is 10.3. The lowest BCUT2D eigenvalue weighted by Crippen LogP contribution is -2.15. The first-order valence-electron chi connectivity index (χ1n) is 4.96. The van der Waals surface area contributed by atoms with E-state index in [9.17, 15) is 12.8 Å². The molecule has 1 aromatic carbocycles. The van der Waals surface area contributed by atoms with Crippen LogP contribution < -0.4 is 10.5 Å². The Balaban J connectivity index is 2.37. The molecule has 0 aliphatic rings. The van der Waals surface area contributed by atoms with Crippen molar-refractivity contribution in [3.63, 3.8) is 0 Å². The van der Waals surface area contributed by atoms with Gasteiger partial charge in [-0.15, -0.1) is 0 Å². The van der Waals surface area contributed by atoms with E-state index < -0.39 is 15.8 Å². The largest absolute Gasteiger partial charge is 0.396 e. The van der Waals surface area contributed by atoms with Crippen molar-refractivity contribution in [2.45, 2.75) is 4.90 Å². The van der Waals surface area contributed by atoms with Crippen molar-refractivity contribution in [2.24, 2.45) is 7.05 Å². The standard InChI is InChI=1S/C10H11FN4O2S/c1-15-10(4-5-13-15)14-18(16,17)7-2-3-9(12)8(11)6-7/h2-6,14H,12H2,1H3. The fourth-order valence-electron chi connectivity index (χ4n) is 1.35. The van der Waals surface area contributed by atoms with Crippen LogP contribution in [0.2, 0.25) is 0 Å². The van der Waals surface area contributed by atoms with Crippen molar-refractivity contribution in [3.05, 3.63) is 36.3 Å². The zero-order valence-corrected chi connectivity index (χ0v) is 10.3. The minimum atomic E-state index is -3.85. The van der Waals surface area contributed by atoms with Gasteiger partial charge in [-0.2, -0.15) is 5.10 Å². The summed E-state index contributed by atoms with van der Waals surface area (Å²) in [6.45, 7) is 0. The van der Waals surface area contributed by atoms with Crippen LogP contribution in [-0.2, 0) is 17.1 Å². The van der Waals surface area contributed by atoms with E-state index in [0.717, 1.165) is 6.07 Å². The summed E-state index contributed by atoms with van der Waals surface area (Å²) in [6, 6.07) is 4.80. The Labute approximate surface area is 103 Å². The molecule has 0 fully saturated rings. The first kappa shape index (κ1) is 12.4. The zero-order valence-electron chi connectivity index (χ0n) is 9.46. The number of hydrogen-bond donors (Lipinski definition) is 2. The van der Waals surface area contributed by atoms with Crippen LogP contribution in [0.1, 0.15) is 0 Å². The third kappa shape index (κ3) is 2.28. The van der Waals surface area contributed by atoms with E-state index in [1.54, 1.807) is 7.05 Å². The molecule has 1 heterocycles. The van der Waals surface area contributed by atoms with Crippen molar-refractivity contribution in [2.75, 3.05) is 10.5 Å². The van der Waals surface area contributed by atoms with Gasteiger partial charge in [-0.3, -0.25) is 9.40 Å². The van der Waals surface area contributed by atoms with Gasteiger partial charge in [-0.1, -0.05) is 0 Å². The van der Waals surface area contributed by atoms with Crippen LogP contribution in [-0.4, -0.2) is 18.2 Å². The molecular formula is C10H11FN4O2S. The fraction of sp³-hybridized carbons (Fsp3) is 0.100. The number of sulfonamides is 1. The van der Waals surface area contributed by atoms with E-state index in [2.05, 4.69) is 9.82 Å². The topological polar surface area (TPSA) is 90.0 Å². The van der Waals surface area contributed by atoms with Crippen molar-refractivity contribution in [1.82, 2.24) is 9.78 Å². The van der Waals surface area contributed by atoms with Gasteiger partial charge in [0.1, 0.15) is 11.6 Å². The molecule has 3 N–H and O–H groups in total. The molecule has 2 aromatic rings. The summed E-state index contributed by atoms with van der Waals surface area (Å²) in [6.07, 6.45) is 1.45. The number of benzene rings is 1. The molecule has 0 radical (unpaired) electrons. The van der Waals surface area contributed by atoms with Gasteiger partial charge in [0.2, 0.25) is 0 Å². The molecule has 8 heteroatoms. The molecule has 0 unspecified atom stereocenters. The molecule has 0 spiro atoms. The van der Waals surface area contributed by atoms with Crippen LogP contribution in [0.15, 0.2) is 35.4 Å². The highest BCUT2D eigenvalue weighted by Crippen LogP contribution is 2.19. The van der Waals surface area contributed by atoms with Crippen LogP contribution in [0.4, 0.5) is 15.9 Å². The lowest BCUT2D eigenvalue weighted by molar-refractivity contribution is 0.595. The molecule has 1 aromatic heterocycles. The average molecular weight is 270 g/mol. The normalized spacial score (nSPS) is 11.4. The van der Waals surface area contributed by atoms with Crippen molar-refractivity contribution in [3.8, 4) is 0 Å². The van der Waals surface area contributed by atoms with E-state index in [4.69, 9.17) is 5.73 Å². The first-order valence-corrected chi connectivity index (χ1v) is 6.44. The molecule has 18 heavy (non-hydrogen) atoms. The van der Waals surface area contributed by atoms with Crippen molar-refractivity contribution in [1.29, 1.82) is 0 Å². The van der Waals surface area contributed by atoms with E-state index in [1.807, 2.05) is 0 Å². The zero-order chi connectivity index (χ0) is 13.3. The van der Waals surface area contributed by atoms with Gasteiger partial charge in [-0.05, 0) is 18.2 Å². The SMILES string of the molecule is Cn1nccc1NS(=O)(=O)c1ccc(N)c(F)c1. The Bertz CT molecular complexity index is 681. The van der Waals surface area contributed by atoms with Crippen molar-refractivity contribution < 1.29 is 12.8 Å². The number of aryl methyl sites for hydroxylation is 1. The first-order chi connectivity index (χ1) is 8.40. The summed E-state index contributed by atoms with van der Waals surface area (Å²) in [7, 11) is -2.27. The predicted octanol–water partition coefficient (Wildman–Crippen LogP) is 0.942. The molecule has 0 aliphatic carbocycles. The number of anilines is 2. The number of hydrogen-bond acceptors (Lipinski definition) is 4. The summed E-state index contributed by atoms with van der Waals surface area (Å²) in [5.41, 5.74) is 5.19. The van der Waals surface area contributed by atoms with Crippen LogP contribution in [0.5, 0.6) is 0 Å². The maximum Gasteiger partial charge on any atom is 0.263 e. The third-order valence-electron chi connectivity index (χ3n) is 2.34. The summed E-state index contributed by atoms with van der Waals surface area (Å²) in [5.74, 6) is -0.491. The van der Waals surface area contributed by atoms with E-state index in [1.165, 1.54) is 29.1 Å². The molecular weight excluding hydrogens is 259 g/mol. The summed E-state index contributed by atoms with van der Waals surface area (Å²) < 4.78 is 40.8. The highest BCUT2D eigenvalue weighted by atomic mass is 32.2. The van der Waals surface area contributed by atoms with E-state index in [-0.39, 0.29) is 16.4 Å². The third-order valence-corrected chi connectivity index (χ3v) is 3.69. The molecule has 0 aliphatic heterocycles. The molecule has 0 amide bonds. The van der Waals surface area contributed by atoms with Gasteiger partial charge in [0.15, 0.2) is 0 Å². The van der Waals surface area contributed by atoms with Crippen LogP contribution >= 0.6 is 0 Å². The molecule has 0 atom stereocenters. The lowest BCUT2D eigenvalue weighted by Gasteiger charge is -2.08. The monoisotopic (exact) mass is 270 g/mol. The molecule has 0 saturated carbocycles. The van der Waals surface area contributed by atoms with E-state index in [0.29, 0.717) is 0 Å². The van der Waals surface area contributed by atoms with Gasteiger partial charge < -0.3 is 5.73 Å². The number of nitrogens with one attached hydrogen (secondary N) is 1. The smallest absolute Gasteiger partial charge is 0.263 e. The van der Waals surface area contributed by atoms with E-state index >= 15 is 0 Å². The second-order valence-electron chi connectivity index (χ2n) is 3.63. The number of nitrogen functional groups attached to an aromatic ring is 1. The van der Waals surface area contributed by atoms with Crippen molar-refractivity contribution >= 4 is 21.5 Å². The maximum absolute atomic E-state index is 13.2. The minimum absolute atomic E-state index is 0.102. The van der Waals surface area contributed by atoms with Crippen LogP contribution in [0.3, 0.4) is 0 Å². The predicted molar refractivity (Wildman–Crippen MR) is 64.8 cm³/mol. The van der Waals surface area contributed by atoms with Crippen LogP contribution in [0.25, 0.3) is 0 Å². The number of halogens is 1. The summed E-state index contributed by atoms with van der Waals surface area (Å²) in [4.78, 5) is -0.199. The highest BCUT2D eigenvalue weighted by Gasteiger charge is 2.17. The van der Waals surface area contributed by atoms with Gasteiger partial charge in [0, 0.05) is 13.1 Å². The maximum atomic E-state index is 13.2. The number of aromatic nitrogens is 2. The van der Waals surface area contributed by atoms with Gasteiger partial charge in [-0.25, -0.2) is 12.8 Å². The summed E-state index contributed by atoms with van der Waals surface area (Å²) in [5, 5.41) is 3.82. The molecule has 6 nitrogen and oxygen atoms in total. The number of nitrogens with two attached hydrogens (primary N) is 1. The number of nitrogens with zero attached hydrogens (tertiary/aromatic N) is 2. The Morgan fingerprint density at radius 1 is 1.39 bits per heavy atom. The molecule has 0 bridgehead atoms. The quantitative estimate of drug-likeness (QED) is 0.812. The Morgan fingerprint density at radius 2 is 2.11 bits per heavy atom. The molecule has 0 saturated heterocycles. The molecule has 2 rings (SSSR count). The summed E-state index contributed by atoms with van der Waals surface area (Å²) >= 11 is 0. The molecule has 96 valence electrons. The highest BCUT2D eigenvalue weighted by molar-refractivity contribution is 7.92. The van der Waals surface area contributed by atoms with Gasteiger partial charge >= 0.3 is 0 Å². The van der Waals surface area contributed by atoms with Gasteiger partial charge in [0.25, 0.3) is 10.0 Å². The second kappa shape index (κ2) is 4.30. The van der Waals surface area contributed by atoms with Crippen LogP contribution in [0, 0.1) is 5.82 Å². The second-order valence-corrected chi connectivity index (χ2v) is 5.31. The average Bonchev–Trinajstić information content (AvgIpc) is 2.67. The van der Waals surface area contributed by atoms with Gasteiger partial charge in [0.05, 0.1) is 16.8 Å². The number of rotatable bonds is 3. The Hall–Kier alpha value is -2.09. The Kier molecular flexibility index (Phi) is 2.95. The Morgan fingerprint density at radius 3 is 2.67 bits per heavy atom.